The second-order valence-corrected chi connectivity index (χ2v) is 5.21. The van der Waals surface area contributed by atoms with E-state index in [1.165, 1.54) is 6.92 Å². The van der Waals surface area contributed by atoms with Gasteiger partial charge in [0.05, 0.1) is 12.3 Å². The van der Waals surface area contributed by atoms with Crippen LogP contribution in [0, 0.1) is 6.92 Å². The Morgan fingerprint density at radius 1 is 1.30 bits per heavy atom. The van der Waals surface area contributed by atoms with E-state index in [0.29, 0.717) is 42.8 Å². The number of rotatable bonds is 8. The zero-order chi connectivity index (χ0) is 16.8. The lowest BCUT2D eigenvalue weighted by atomic mass is 10.1. The molecule has 1 heterocycles. The molecule has 0 atom stereocenters. The molecule has 0 radical (unpaired) electrons. The zero-order valence-electron chi connectivity index (χ0n) is 12.9. The summed E-state index contributed by atoms with van der Waals surface area (Å²) in [6.45, 7) is 2.44. The van der Waals surface area contributed by atoms with Crippen molar-refractivity contribution in [3.63, 3.8) is 0 Å². The van der Waals surface area contributed by atoms with Crippen LogP contribution in [0.1, 0.15) is 44.1 Å². The first-order chi connectivity index (χ1) is 11.1. The molecule has 2 rings (SSSR count). The smallest absolute Gasteiger partial charge is 0.356 e. The summed E-state index contributed by atoms with van der Waals surface area (Å²) < 4.78 is 6.14. The number of hydrogen-bond donors (Lipinski definition) is 2. The molecule has 0 bridgehead atoms. The molecule has 0 aliphatic heterocycles. The van der Waals surface area contributed by atoms with Gasteiger partial charge in [-0.3, -0.25) is 4.79 Å². The average molecular weight is 317 g/mol. The minimum atomic E-state index is -1.26. The lowest BCUT2D eigenvalue weighted by Gasteiger charge is -2.06. The standard InChI is InChI=1S/C17H19NO5/c1-12-14(10-19)15(18(22)16(12)17(20)21)8-5-9-23-11-13-6-3-2-4-7-13/h2-4,6-7,10,22H,5,8-9,11H2,1H3,(H,20,21). The normalized spacial score (nSPS) is 10.7. The highest BCUT2D eigenvalue weighted by Gasteiger charge is 2.23. The minimum absolute atomic E-state index is 0.230. The summed E-state index contributed by atoms with van der Waals surface area (Å²) in [7, 11) is 0. The van der Waals surface area contributed by atoms with Crippen LogP contribution < -0.4 is 0 Å². The largest absolute Gasteiger partial charge is 0.476 e. The summed E-state index contributed by atoms with van der Waals surface area (Å²) in [6, 6.07) is 9.73. The molecule has 6 heteroatoms. The molecule has 2 N–H and O–H groups in total. The SMILES string of the molecule is Cc1c(C=O)c(CCCOCc2ccccc2)n(O)c1C(=O)O. The molecule has 0 aliphatic rings. The predicted octanol–water partition coefficient (Wildman–Crippen LogP) is 2.69. The second kappa shape index (κ2) is 7.60. The summed E-state index contributed by atoms with van der Waals surface area (Å²) in [6.07, 6.45) is 1.50. The van der Waals surface area contributed by atoms with Gasteiger partial charge >= 0.3 is 5.97 Å². The number of aromatic carboxylic acids is 1. The van der Waals surface area contributed by atoms with Gasteiger partial charge in [0.1, 0.15) is 0 Å². The number of aldehydes is 1. The summed E-state index contributed by atoms with van der Waals surface area (Å²) in [5.41, 5.74) is 1.60. The van der Waals surface area contributed by atoms with Crippen LogP contribution in [0.5, 0.6) is 0 Å². The van der Waals surface area contributed by atoms with Gasteiger partial charge < -0.3 is 15.1 Å². The Morgan fingerprint density at radius 3 is 2.61 bits per heavy atom. The number of aromatic nitrogens is 1. The van der Waals surface area contributed by atoms with E-state index in [9.17, 15) is 14.8 Å². The predicted molar refractivity (Wildman–Crippen MR) is 83.1 cm³/mol. The number of carboxylic acid groups (broad SMARTS) is 1. The molecule has 0 unspecified atom stereocenters. The number of carbonyl (C=O) groups is 2. The van der Waals surface area contributed by atoms with Gasteiger partial charge in [0.15, 0.2) is 12.0 Å². The van der Waals surface area contributed by atoms with Crippen molar-refractivity contribution >= 4 is 12.3 Å². The molecular formula is C17H19NO5. The first kappa shape index (κ1) is 16.8. The molecule has 122 valence electrons. The fourth-order valence-corrected chi connectivity index (χ4v) is 2.51. The molecule has 0 spiro atoms. The first-order valence-electron chi connectivity index (χ1n) is 7.29. The molecule has 2 aromatic rings. The van der Waals surface area contributed by atoms with Gasteiger partial charge in [-0.1, -0.05) is 30.3 Å². The number of hydrogen-bond acceptors (Lipinski definition) is 4. The van der Waals surface area contributed by atoms with E-state index in [1.807, 2.05) is 30.3 Å². The van der Waals surface area contributed by atoms with Gasteiger partial charge in [-0.2, -0.15) is 4.73 Å². The van der Waals surface area contributed by atoms with Crippen LogP contribution in [-0.2, 0) is 17.8 Å². The summed E-state index contributed by atoms with van der Waals surface area (Å²) in [4.78, 5) is 22.3. The number of carboxylic acids is 1. The molecule has 1 aromatic carbocycles. The van der Waals surface area contributed by atoms with E-state index >= 15 is 0 Å². The maximum absolute atomic E-state index is 11.2. The van der Waals surface area contributed by atoms with Gasteiger partial charge in [-0.05, 0) is 30.9 Å². The van der Waals surface area contributed by atoms with Crippen molar-refractivity contribution in [2.24, 2.45) is 0 Å². The molecule has 0 saturated carbocycles. The molecule has 0 amide bonds. The van der Waals surface area contributed by atoms with Crippen molar-refractivity contribution in [1.29, 1.82) is 0 Å². The molecular weight excluding hydrogens is 298 g/mol. The van der Waals surface area contributed by atoms with E-state index in [4.69, 9.17) is 9.84 Å². The van der Waals surface area contributed by atoms with Crippen molar-refractivity contribution in [2.75, 3.05) is 6.61 Å². The molecule has 1 aromatic heterocycles. The third-order valence-electron chi connectivity index (χ3n) is 3.67. The Labute approximate surface area is 133 Å². The summed E-state index contributed by atoms with van der Waals surface area (Å²) in [5.74, 6) is -1.26. The highest BCUT2D eigenvalue weighted by molar-refractivity contribution is 5.92. The Kier molecular flexibility index (Phi) is 5.54. The van der Waals surface area contributed by atoms with Crippen molar-refractivity contribution in [2.45, 2.75) is 26.4 Å². The fourth-order valence-electron chi connectivity index (χ4n) is 2.51. The second-order valence-electron chi connectivity index (χ2n) is 5.21. The monoisotopic (exact) mass is 317 g/mol. The number of benzene rings is 1. The van der Waals surface area contributed by atoms with Crippen molar-refractivity contribution in [3.05, 3.63) is 58.4 Å². The molecule has 0 saturated heterocycles. The number of ether oxygens (including phenoxy) is 1. The van der Waals surface area contributed by atoms with Gasteiger partial charge in [0, 0.05) is 12.2 Å². The van der Waals surface area contributed by atoms with Crippen LogP contribution in [0.2, 0.25) is 0 Å². The third-order valence-corrected chi connectivity index (χ3v) is 3.67. The molecule has 23 heavy (non-hydrogen) atoms. The maximum atomic E-state index is 11.2. The Balaban J connectivity index is 1.94. The van der Waals surface area contributed by atoms with Gasteiger partial charge in [0.2, 0.25) is 0 Å². The molecule has 6 nitrogen and oxygen atoms in total. The van der Waals surface area contributed by atoms with Crippen molar-refractivity contribution in [3.8, 4) is 0 Å². The highest BCUT2D eigenvalue weighted by atomic mass is 16.5. The van der Waals surface area contributed by atoms with Crippen LogP contribution in [0.15, 0.2) is 30.3 Å². The van der Waals surface area contributed by atoms with E-state index in [2.05, 4.69) is 0 Å². The maximum Gasteiger partial charge on any atom is 0.356 e. The Morgan fingerprint density at radius 2 is 2.00 bits per heavy atom. The summed E-state index contributed by atoms with van der Waals surface area (Å²) >= 11 is 0. The van der Waals surface area contributed by atoms with E-state index < -0.39 is 5.97 Å². The van der Waals surface area contributed by atoms with Crippen LogP contribution in [0.4, 0.5) is 0 Å². The Bertz CT molecular complexity index is 691. The van der Waals surface area contributed by atoms with E-state index in [1.54, 1.807) is 0 Å². The van der Waals surface area contributed by atoms with E-state index in [0.717, 1.165) is 5.56 Å². The number of nitrogens with zero attached hydrogens (tertiary/aromatic N) is 1. The number of carbonyl (C=O) groups excluding carboxylic acids is 1. The lowest BCUT2D eigenvalue weighted by molar-refractivity contribution is 0.0637. The topological polar surface area (TPSA) is 88.8 Å². The van der Waals surface area contributed by atoms with Crippen LogP contribution in [0.3, 0.4) is 0 Å². The Hall–Kier alpha value is -2.60. The fraction of sp³-hybridized carbons (Fsp3) is 0.294. The van der Waals surface area contributed by atoms with E-state index in [-0.39, 0.29) is 16.8 Å². The highest BCUT2D eigenvalue weighted by Crippen LogP contribution is 2.21. The van der Waals surface area contributed by atoms with Crippen LogP contribution >= 0.6 is 0 Å². The zero-order valence-corrected chi connectivity index (χ0v) is 12.9. The van der Waals surface area contributed by atoms with Crippen LogP contribution in [0.25, 0.3) is 0 Å². The van der Waals surface area contributed by atoms with Gasteiger partial charge in [-0.15, -0.1) is 0 Å². The summed E-state index contributed by atoms with van der Waals surface area (Å²) in [5, 5.41) is 19.1. The average Bonchev–Trinajstić information content (AvgIpc) is 2.78. The van der Waals surface area contributed by atoms with Crippen LogP contribution in [-0.4, -0.2) is 33.9 Å². The molecule has 0 fully saturated rings. The quantitative estimate of drug-likeness (QED) is 0.444. The first-order valence-corrected chi connectivity index (χ1v) is 7.29. The molecule has 0 aliphatic carbocycles. The van der Waals surface area contributed by atoms with Gasteiger partial charge in [-0.25, -0.2) is 4.79 Å². The lowest BCUT2D eigenvalue weighted by Crippen LogP contribution is -2.10. The van der Waals surface area contributed by atoms with Crippen molar-refractivity contribution in [1.82, 2.24) is 4.73 Å². The van der Waals surface area contributed by atoms with Gasteiger partial charge in [0.25, 0.3) is 0 Å². The minimum Gasteiger partial charge on any atom is -0.476 e. The van der Waals surface area contributed by atoms with Crippen molar-refractivity contribution < 1.29 is 24.6 Å². The third kappa shape index (κ3) is 3.78.